The molecule has 0 unspecified atom stereocenters. The first-order valence-electron chi connectivity index (χ1n) is 13.0. The van der Waals surface area contributed by atoms with Crippen molar-refractivity contribution in [2.24, 2.45) is 11.8 Å². The highest BCUT2D eigenvalue weighted by molar-refractivity contribution is 7.91. The van der Waals surface area contributed by atoms with Crippen molar-refractivity contribution in [3.8, 4) is 17.0 Å². The van der Waals surface area contributed by atoms with Gasteiger partial charge in [0.15, 0.2) is 5.69 Å². The van der Waals surface area contributed by atoms with E-state index in [1.165, 1.54) is 36.0 Å². The van der Waals surface area contributed by atoms with Crippen molar-refractivity contribution in [2.75, 3.05) is 24.7 Å². The number of sulfone groups is 1. The maximum atomic E-state index is 13.3. The molecule has 9 nitrogen and oxygen atoms in total. The van der Waals surface area contributed by atoms with Crippen molar-refractivity contribution in [3.05, 3.63) is 23.0 Å². The fourth-order valence-corrected chi connectivity index (χ4v) is 6.32. The molecule has 210 valence electrons. The number of alkyl halides is 2. The number of halogens is 3. The predicted molar refractivity (Wildman–Crippen MR) is 142 cm³/mol. The minimum absolute atomic E-state index is 0.0143. The smallest absolute Gasteiger partial charge is 0.387 e. The first-order valence-corrected chi connectivity index (χ1v) is 15.3. The summed E-state index contributed by atoms with van der Waals surface area (Å²) < 4.78 is 56.4. The molecule has 0 aliphatic heterocycles. The number of amides is 1. The summed E-state index contributed by atoms with van der Waals surface area (Å²) in [6.45, 7) is 0.103. The van der Waals surface area contributed by atoms with E-state index in [0.717, 1.165) is 6.42 Å². The molecule has 38 heavy (non-hydrogen) atoms. The number of rotatable bonds is 12. The molecule has 0 aromatic carbocycles. The Bertz CT molecular complexity index is 1240. The van der Waals surface area contributed by atoms with Crippen LogP contribution >= 0.6 is 11.6 Å². The summed E-state index contributed by atoms with van der Waals surface area (Å²) in [5.74, 6) is 0.667. The van der Waals surface area contributed by atoms with Crippen molar-refractivity contribution in [1.82, 2.24) is 20.1 Å². The SMILES string of the molecule is CCn1nc(C(=O)NCC2CCC(S(C)(=O)=O)CC2)c(Cl)c1-c1cnc(NCCC2CC2)cc1OC(F)F. The first-order chi connectivity index (χ1) is 18.1. The lowest BCUT2D eigenvalue weighted by molar-refractivity contribution is -0.0494. The lowest BCUT2D eigenvalue weighted by Crippen LogP contribution is -2.34. The first kappa shape index (κ1) is 28.5. The summed E-state index contributed by atoms with van der Waals surface area (Å²) in [5, 5.41) is 10.0. The quantitative estimate of drug-likeness (QED) is 0.376. The summed E-state index contributed by atoms with van der Waals surface area (Å²) in [4.78, 5) is 17.3. The van der Waals surface area contributed by atoms with Gasteiger partial charge in [-0.25, -0.2) is 13.4 Å². The van der Waals surface area contributed by atoms with Crippen LogP contribution in [0.15, 0.2) is 12.3 Å². The van der Waals surface area contributed by atoms with Crippen LogP contribution in [0.3, 0.4) is 0 Å². The Morgan fingerprint density at radius 3 is 2.50 bits per heavy atom. The molecular formula is C25H34ClF2N5O4S. The predicted octanol–water partition coefficient (Wildman–Crippen LogP) is 4.77. The van der Waals surface area contributed by atoms with Gasteiger partial charge in [-0.05, 0) is 50.9 Å². The van der Waals surface area contributed by atoms with Gasteiger partial charge in [0.25, 0.3) is 5.91 Å². The zero-order valence-electron chi connectivity index (χ0n) is 21.6. The van der Waals surface area contributed by atoms with Gasteiger partial charge in [-0.2, -0.15) is 13.9 Å². The monoisotopic (exact) mass is 573 g/mol. The van der Waals surface area contributed by atoms with Gasteiger partial charge in [0.05, 0.1) is 21.5 Å². The van der Waals surface area contributed by atoms with Crippen LogP contribution in [0.4, 0.5) is 14.6 Å². The molecule has 2 saturated carbocycles. The van der Waals surface area contributed by atoms with E-state index in [1.54, 1.807) is 6.92 Å². The molecule has 0 bridgehead atoms. The molecule has 0 radical (unpaired) electrons. The van der Waals surface area contributed by atoms with Crippen molar-refractivity contribution >= 4 is 33.2 Å². The highest BCUT2D eigenvalue weighted by atomic mass is 35.5. The number of hydrogen-bond donors (Lipinski definition) is 2. The highest BCUT2D eigenvalue weighted by Crippen LogP contribution is 2.38. The molecule has 2 fully saturated rings. The van der Waals surface area contributed by atoms with Crippen molar-refractivity contribution in [1.29, 1.82) is 0 Å². The second kappa shape index (κ2) is 12.1. The minimum atomic E-state index is -3.06. The molecule has 13 heteroatoms. The Balaban J connectivity index is 1.49. The second-order valence-electron chi connectivity index (χ2n) is 10.1. The van der Waals surface area contributed by atoms with Crippen LogP contribution in [0.2, 0.25) is 5.02 Å². The molecule has 4 rings (SSSR count). The van der Waals surface area contributed by atoms with Crippen molar-refractivity contribution in [2.45, 2.75) is 70.3 Å². The molecule has 2 N–H and O–H groups in total. The maximum Gasteiger partial charge on any atom is 0.387 e. The number of carbonyl (C=O) groups is 1. The Morgan fingerprint density at radius 2 is 1.89 bits per heavy atom. The molecular weight excluding hydrogens is 540 g/mol. The Labute approximate surface area is 226 Å². The van der Waals surface area contributed by atoms with Crippen LogP contribution in [-0.4, -0.2) is 60.3 Å². The Kier molecular flexibility index (Phi) is 9.12. The lowest BCUT2D eigenvalue weighted by atomic mass is 9.89. The minimum Gasteiger partial charge on any atom is -0.434 e. The van der Waals surface area contributed by atoms with Gasteiger partial charge in [-0.3, -0.25) is 9.48 Å². The second-order valence-corrected chi connectivity index (χ2v) is 12.8. The average molecular weight is 574 g/mol. The fourth-order valence-electron chi connectivity index (χ4n) is 4.87. The number of nitrogens with zero attached hydrogens (tertiary/aromatic N) is 3. The van der Waals surface area contributed by atoms with Crippen LogP contribution in [0.1, 0.15) is 62.4 Å². The third-order valence-corrected chi connectivity index (χ3v) is 9.29. The summed E-state index contributed by atoms with van der Waals surface area (Å²) in [5.41, 5.74) is 0.444. The molecule has 2 aliphatic rings. The number of aromatic nitrogens is 3. The Morgan fingerprint density at radius 1 is 1.21 bits per heavy atom. The average Bonchev–Trinajstić information content (AvgIpc) is 3.63. The number of carbonyl (C=O) groups excluding carboxylic acids is 1. The largest absolute Gasteiger partial charge is 0.434 e. The van der Waals surface area contributed by atoms with Crippen LogP contribution in [0.25, 0.3) is 11.3 Å². The maximum absolute atomic E-state index is 13.3. The van der Waals surface area contributed by atoms with Gasteiger partial charge in [0.1, 0.15) is 21.4 Å². The summed E-state index contributed by atoms with van der Waals surface area (Å²) in [6.07, 6.45) is 8.61. The van der Waals surface area contributed by atoms with E-state index in [2.05, 4.69) is 20.7 Å². The van der Waals surface area contributed by atoms with E-state index < -0.39 is 22.4 Å². The number of anilines is 1. The third kappa shape index (κ3) is 7.13. The van der Waals surface area contributed by atoms with Gasteiger partial charge in [0, 0.05) is 38.2 Å². The topological polar surface area (TPSA) is 115 Å². The van der Waals surface area contributed by atoms with Gasteiger partial charge in [-0.1, -0.05) is 24.4 Å². The van der Waals surface area contributed by atoms with Crippen LogP contribution in [0, 0.1) is 11.8 Å². The molecule has 1 amide bonds. The van der Waals surface area contributed by atoms with E-state index in [-0.39, 0.29) is 38.9 Å². The summed E-state index contributed by atoms with van der Waals surface area (Å²) >= 11 is 6.60. The molecule has 2 heterocycles. The summed E-state index contributed by atoms with van der Waals surface area (Å²) in [7, 11) is -3.06. The molecule has 0 saturated heterocycles. The van der Waals surface area contributed by atoms with Crippen LogP contribution in [0.5, 0.6) is 5.75 Å². The van der Waals surface area contributed by atoms with E-state index >= 15 is 0 Å². The number of ether oxygens (including phenoxy) is 1. The standard InChI is InChI=1S/C25H34ClF2N5O4S/c1-3-33-23(18-14-30-20(12-19(18)37-25(27)28)29-11-10-15-4-5-15)21(26)22(32-33)24(34)31-13-16-6-8-17(9-7-16)38(2,35)36/h12,14-17,25H,3-11,13H2,1-2H3,(H,29,30)(H,31,34). The van der Waals surface area contributed by atoms with E-state index in [4.69, 9.17) is 16.3 Å². The fraction of sp³-hybridized carbons (Fsp3) is 0.640. The van der Waals surface area contributed by atoms with Crippen molar-refractivity contribution in [3.63, 3.8) is 0 Å². The van der Waals surface area contributed by atoms with E-state index in [9.17, 15) is 22.0 Å². The number of pyridine rings is 1. The number of aryl methyl sites for hydroxylation is 1. The molecule has 2 aliphatic carbocycles. The van der Waals surface area contributed by atoms with Gasteiger partial charge in [-0.15, -0.1) is 0 Å². The van der Waals surface area contributed by atoms with Gasteiger partial charge < -0.3 is 15.4 Å². The van der Waals surface area contributed by atoms with Gasteiger partial charge in [0.2, 0.25) is 0 Å². The summed E-state index contributed by atoms with van der Waals surface area (Å²) in [6, 6.07) is 1.41. The highest BCUT2D eigenvalue weighted by Gasteiger charge is 2.30. The molecule has 2 aromatic heterocycles. The Hall–Kier alpha value is -2.47. The number of hydrogen-bond acceptors (Lipinski definition) is 7. The lowest BCUT2D eigenvalue weighted by Gasteiger charge is -2.27. The zero-order chi connectivity index (χ0) is 27.4. The van der Waals surface area contributed by atoms with Crippen molar-refractivity contribution < 1.29 is 26.7 Å². The molecule has 2 aromatic rings. The third-order valence-electron chi connectivity index (χ3n) is 7.25. The van der Waals surface area contributed by atoms with E-state index in [0.29, 0.717) is 57.1 Å². The van der Waals surface area contributed by atoms with Crippen LogP contribution in [-0.2, 0) is 16.4 Å². The normalized spacial score (nSPS) is 19.9. The molecule has 0 atom stereocenters. The molecule has 0 spiro atoms. The van der Waals surface area contributed by atoms with Crippen LogP contribution < -0.4 is 15.4 Å². The van der Waals surface area contributed by atoms with Gasteiger partial charge >= 0.3 is 6.61 Å². The zero-order valence-corrected chi connectivity index (χ0v) is 23.1. The number of nitrogens with one attached hydrogen (secondary N) is 2. The van der Waals surface area contributed by atoms with E-state index in [1.807, 2.05) is 0 Å².